The molecule has 1 amide bonds. The molecule has 1 aromatic carbocycles. The second kappa shape index (κ2) is 5.49. The Balaban J connectivity index is 2.20. The number of primary sulfonamides is 1. The Labute approximate surface area is 117 Å². The van der Waals surface area contributed by atoms with Crippen molar-refractivity contribution in [2.75, 3.05) is 0 Å². The van der Waals surface area contributed by atoms with E-state index in [4.69, 9.17) is 5.14 Å². The first-order valence-electron chi connectivity index (χ1n) is 6.40. The fraction of sp³-hybridized carbons (Fsp3) is 0.462. The summed E-state index contributed by atoms with van der Waals surface area (Å²) in [5.41, 5.74) is -0.0337. The highest BCUT2D eigenvalue weighted by molar-refractivity contribution is 7.89. The Morgan fingerprint density at radius 3 is 2.60 bits per heavy atom. The minimum atomic E-state index is -4.04. The van der Waals surface area contributed by atoms with Crippen LogP contribution >= 0.6 is 0 Å². The van der Waals surface area contributed by atoms with Crippen molar-refractivity contribution in [1.29, 1.82) is 0 Å². The average molecular weight is 300 g/mol. The average Bonchev–Trinajstić information content (AvgIpc) is 2.72. The predicted octanol–water partition coefficient (Wildman–Crippen LogP) is 1.39. The van der Waals surface area contributed by atoms with Crippen LogP contribution in [-0.2, 0) is 10.0 Å². The second-order valence-corrected chi connectivity index (χ2v) is 6.87. The van der Waals surface area contributed by atoms with Gasteiger partial charge in [-0.1, -0.05) is 6.92 Å². The van der Waals surface area contributed by atoms with Gasteiger partial charge in [-0.2, -0.15) is 0 Å². The van der Waals surface area contributed by atoms with Crippen molar-refractivity contribution in [2.45, 2.75) is 37.1 Å². The third kappa shape index (κ3) is 3.55. The van der Waals surface area contributed by atoms with Crippen molar-refractivity contribution >= 4 is 15.9 Å². The van der Waals surface area contributed by atoms with Crippen molar-refractivity contribution in [3.05, 3.63) is 29.6 Å². The first-order chi connectivity index (χ1) is 9.25. The first-order valence-corrected chi connectivity index (χ1v) is 7.94. The number of halogens is 1. The zero-order valence-corrected chi connectivity index (χ0v) is 11.9. The molecular formula is C13H17FN2O3S. The van der Waals surface area contributed by atoms with Gasteiger partial charge >= 0.3 is 0 Å². The van der Waals surface area contributed by atoms with Crippen LogP contribution in [0.4, 0.5) is 4.39 Å². The third-order valence-electron chi connectivity index (χ3n) is 3.49. The van der Waals surface area contributed by atoms with Crippen LogP contribution in [0.5, 0.6) is 0 Å². The molecule has 0 heterocycles. The number of sulfonamides is 1. The Kier molecular flexibility index (Phi) is 4.10. The lowest BCUT2D eigenvalue weighted by Crippen LogP contribution is -2.33. The Hall–Kier alpha value is -1.47. The molecule has 2 rings (SSSR count). The number of benzene rings is 1. The number of hydrogen-bond acceptors (Lipinski definition) is 3. The van der Waals surface area contributed by atoms with Gasteiger partial charge in [-0.3, -0.25) is 4.79 Å². The maximum absolute atomic E-state index is 13.4. The summed E-state index contributed by atoms with van der Waals surface area (Å²) in [5, 5.41) is 7.74. The van der Waals surface area contributed by atoms with E-state index in [1.165, 1.54) is 0 Å². The zero-order chi connectivity index (χ0) is 14.9. The predicted molar refractivity (Wildman–Crippen MR) is 72.0 cm³/mol. The highest BCUT2D eigenvalue weighted by Gasteiger charge is 2.24. The van der Waals surface area contributed by atoms with Crippen LogP contribution in [-0.4, -0.2) is 20.4 Å². The smallest absolute Gasteiger partial charge is 0.251 e. The molecule has 1 fully saturated rings. The standard InChI is InChI=1S/C13H17FN2O3S/c1-8-2-3-11(4-8)16-13(17)9-5-10(14)7-12(6-9)20(15,18)19/h5-8,11H,2-4H2,1H3,(H,16,17)(H2,15,18,19). The van der Waals surface area contributed by atoms with Gasteiger partial charge in [0.1, 0.15) is 5.82 Å². The maximum atomic E-state index is 13.4. The minimum Gasteiger partial charge on any atom is -0.349 e. The van der Waals surface area contributed by atoms with E-state index >= 15 is 0 Å². The lowest BCUT2D eigenvalue weighted by atomic mass is 10.1. The van der Waals surface area contributed by atoms with Crippen LogP contribution in [0.15, 0.2) is 23.1 Å². The molecular weight excluding hydrogens is 283 g/mol. The molecule has 1 saturated carbocycles. The van der Waals surface area contributed by atoms with E-state index in [-0.39, 0.29) is 11.6 Å². The number of hydrogen-bond donors (Lipinski definition) is 2. The van der Waals surface area contributed by atoms with E-state index in [9.17, 15) is 17.6 Å². The van der Waals surface area contributed by atoms with Crippen LogP contribution in [0, 0.1) is 11.7 Å². The molecule has 110 valence electrons. The molecule has 0 aliphatic heterocycles. The topological polar surface area (TPSA) is 89.3 Å². The lowest BCUT2D eigenvalue weighted by Gasteiger charge is -2.13. The molecule has 1 aliphatic rings. The van der Waals surface area contributed by atoms with Gasteiger partial charge in [0.25, 0.3) is 5.91 Å². The highest BCUT2D eigenvalue weighted by atomic mass is 32.2. The summed E-state index contributed by atoms with van der Waals surface area (Å²) >= 11 is 0. The molecule has 3 N–H and O–H groups in total. The molecule has 1 aliphatic carbocycles. The largest absolute Gasteiger partial charge is 0.349 e. The van der Waals surface area contributed by atoms with Gasteiger partial charge in [0.15, 0.2) is 0 Å². The molecule has 2 unspecified atom stereocenters. The normalized spacial score (nSPS) is 22.8. The summed E-state index contributed by atoms with van der Waals surface area (Å²) in [6.07, 6.45) is 2.80. The van der Waals surface area contributed by atoms with Gasteiger partial charge in [-0.15, -0.1) is 0 Å². The summed E-state index contributed by atoms with van der Waals surface area (Å²) in [7, 11) is -4.04. The third-order valence-corrected chi connectivity index (χ3v) is 4.38. The van der Waals surface area contributed by atoms with Crippen molar-refractivity contribution in [1.82, 2.24) is 5.32 Å². The molecule has 20 heavy (non-hydrogen) atoms. The van der Waals surface area contributed by atoms with Crippen LogP contribution in [0.3, 0.4) is 0 Å². The molecule has 0 saturated heterocycles. The first kappa shape index (κ1) is 14.9. The number of amides is 1. The van der Waals surface area contributed by atoms with E-state index in [1.54, 1.807) is 0 Å². The van der Waals surface area contributed by atoms with E-state index in [0.717, 1.165) is 37.5 Å². The molecule has 5 nitrogen and oxygen atoms in total. The van der Waals surface area contributed by atoms with Gasteiger partial charge in [-0.05, 0) is 43.4 Å². The minimum absolute atomic E-state index is 0.0337. The van der Waals surface area contributed by atoms with Gasteiger partial charge in [0.05, 0.1) is 4.90 Å². The fourth-order valence-corrected chi connectivity index (χ4v) is 3.03. The summed E-state index contributed by atoms with van der Waals surface area (Å²) < 4.78 is 35.8. The van der Waals surface area contributed by atoms with Gasteiger partial charge in [0.2, 0.25) is 10.0 Å². The van der Waals surface area contributed by atoms with Crippen LogP contribution in [0.2, 0.25) is 0 Å². The monoisotopic (exact) mass is 300 g/mol. The zero-order valence-electron chi connectivity index (χ0n) is 11.1. The van der Waals surface area contributed by atoms with Crippen LogP contribution in [0.1, 0.15) is 36.5 Å². The Bertz CT molecular complexity index is 631. The van der Waals surface area contributed by atoms with Crippen LogP contribution < -0.4 is 10.5 Å². The number of rotatable bonds is 3. The molecule has 0 radical (unpaired) electrons. The van der Waals surface area contributed by atoms with E-state index in [2.05, 4.69) is 12.2 Å². The number of carbonyl (C=O) groups is 1. The number of nitrogens with two attached hydrogens (primary N) is 1. The fourth-order valence-electron chi connectivity index (χ4n) is 2.47. The van der Waals surface area contributed by atoms with Gasteiger partial charge < -0.3 is 5.32 Å². The molecule has 0 aromatic heterocycles. The summed E-state index contributed by atoms with van der Waals surface area (Å²) in [6.45, 7) is 2.10. The van der Waals surface area contributed by atoms with Crippen LogP contribution in [0.25, 0.3) is 0 Å². The van der Waals surface area contributed by atoms with Gasteiger partial charge in [0, 0.05) is 11.6 Å². The molecule has 7 heteroatoms. The SMILES string of the molecule is CC1CCC(NC(=O)c2cc(F)cc(S(N)(=O)=O)c2)C1. The van der Waals surface area contributed by atoms with Crippen molar-refractivity contribution < 1.29 is 17.6 Å². The molecule has 2 atom stereocenters. The summed E-state index contributed by atoms with van der Waals surface area (Å²) in [6, 6.07) is 2.94. The van der Waals surface area contributed by atoms with E-state index < -0.39 is 26.6 Å². The number of carbonyl (C=O) groups excluding carboxylic acids is 1. The Morgan fingerprint density at radius 1 is 1.35 bits per heavy atom. The van der Waals surface area contributed by atoms with Crippen molar-refractivity contribution in [3.8, 4) is 0 Å². The second-order valence-electron chi connectivity index (χ2n) is 5.31. The summed E-state index contributed by atoms with van der Waals surface area (Å²) in [5.74, 6) is -0.734. The number of nitrogens with one attached hydrogen (secondary N) is 1. The highest BCUT2D eigenvalue weighted by Crippen LogP contribution is 2.25. The van der Waals surface area contributed by atoms with Crippen molar-refractivity contribution in [2.24, 2.45) is 11.1 Å². The van der Waals surface area contributed by atoms with Gasteiger partial charge in [-0.25, -0.2) is 17.9 Å². The van der Waals surface area contributed by atoms with E-state index in [1.807, 2.05) is 0 Å². The molecule has 0 bridgehead atoms. The van der Waals surface area contributed by atoms with Crippen molar-refractivity contribution in [3.63, 3.8) is 0 Å². The Morgan fingerprint density at radius 2 is 2.05 bits per heavy atom. The molecule has 1 aromatic rings. The molecule has 0 spiro atoms. The maximum Gasteiger partial charge on any atom is 0.251 e. The summed E-state index contributed by atoms with van der Waals surface area (Å²) in [4.78, 5) is 11.6. The lowest BCUT2D eigenvalue weighted by molar-refractivity contribution is 0.0936. The van der Waals surface area contributed by atoms with E-state index in [0.29, 0.717) is 5.92 Å². The quantitative estimate of drug-likeness (QED) is 0.884.